The molecule has 0 bridgehead atoms. The predicted octanol–water partition coefficient (Wildman–Crippen LogP) is 3.67. The quantitative estimate of drug-likeness (QED) is 0.826. The minimum atomic E-state index is -0.704. The van der Waals surface area contributed by atoms with Gasteiger partial charge in [0.15, 0.2) is 0 Å². The third kappa shape index (κ3) is 5.08. The van der Waals surface area contributed by atoms with Crippen molar-refractivity contribution in [2.24, 2.45) is 5.41 Å². The molecule has 0 saturated carbocycles. The van der Waals surface area contributed by atoms with E-state index in [0.29, 0.717) is 12.3 Å². The van der Waals surface area contributed by atoms with Gasteiger partial charge >= 0.3 is 0 Å². The van der Waals surface area contributed by atoms with Crippen LogP contribution in [-0.4, -0.2) is 17.8 Å². The standard InChI is InChI=1S/C15H20ClF2NO/c1-15(2,3)13(6-7-16)19-14(20)8-10-4-5-11(17)9-12(10)18/h4-5,9,13H,6-8H2,1-3H3,(H,19,20). The Morgan fingerprint density at radius 1 is 1.35 bits per heavy atom. The molecule has 112 valence electrons. The van der Waals surface area contributed by atoms with Crippen molar-refractivity contribution < 1.29 is 13.6 Å². The first-order chi connectivity index (χ1) is 9.24. The summed E-state index contributed by atoms with van der Waals surface area (Å²) < 4.78 is 26.3. The van der Waals surface area contributed by atoms with E-state index < -0.39 is 11.6 Å². The van der Waals surface area contributed by atoms with E-state index in [9.17, 15) is 13.6 Å². The largest absolute Gasteiger partial charge is 0.353 e. The van der Waals surface area contributed by atoms with Gasteiger partial charge in [-0.15, -0.1) is 11.6 Å². The Morgan fingerprint density at radius 3 is 2.50 bits per heavy atom. The van der Waals surface area contributed by atoms with Crippen LogP contribution in [0.25, 0.3) is 0 Å². The van der Waals surface area contributed by atoms with Crippen LogP contribution in [0.15, 0.2) is 18.2 Å². The molecule has 1 amide bonds. The zero-order valence-corrected chi connectivity index (χ0v) is 12.7. The van der Waals surface area contributed by atoms with Crippen molar-refractivity contribution in [2.75, 3.05) is 5.88 Å². The highest BCUT2D eigenvalue weighted by Crippen LogP contribution is 2.22. The van der Waals surface area contributed by atoms with Crippen molar-refractivity contribution in [1.82, 2.24) is 5.32 Å². The first-order valence-corrected chi connectivity index (χ1v) is 7.06. The molecule has 1 N–H and O–H groups in total. The topological polar surface area (TPSA) is 29.1 Å². The summed E-state index contributed by atoms with van der Waals surface area (Å²) in [6, 6.07) is 3.13. The summed E-state index contributed by atoms with van der Waals surface area (Å²) in [4.78, 5) is 12.0. The molecule has 0 fully saturated rings. The fourth-order valence-corrected chi connectivity index (χ4v) is 2.13. The van der Waals surface area contributed by atoms with Crippen LogP contribution in [0.2, 0.25) is 0 Å². The van der Waals surface area contributed by atoms with Crippen molar-refractivity contribution >= 4 is 17.5 Å². The number of benzene rings is 1. The Balaban J connectivity index is 2.70. The number of carbonyl (C=O) groups is 1. The highest BCUT2D eigenvalue weighted by Gasteiger charge is 2.25. The molecular weight excluding hydrogens is 284 g/mol. The molecule has 2 nitrogen and oxygen atoms in total. The smallest absolute Gasteiger partial charge is 0.224 e. The second-order valence-corrected chi connectivity index (χ2v) is 6.25. The number of nitrogens with one attached hydrogen (secondary N) is 1. The zero-order valence-electron chi connectivity index (χ0n) is 12.0. The van der Waals surface area contributed by atoms with Gasteiger partial charge in [-0.2, -0.15) is 0 Å². The minimum Gasteiger partial charge on any atom is -0.353 e. The average Bonchev–Trinajstić information content (AvgIpc) is 2.31. The SMILES string of the molecule is CC(C)(C)C(CCCl)NC(=O)Cc1ccc(F)cc1F. The summed E-state index contributed by atoms with van der Waals surface area (Å²) in [5, 5.41) is 2.86. The first-order valence-electron chi connectivity index (χ1n) is 6.53. The summed E-state index contributed by atoms with van der Waals surface area (Å²) >= 11 is 5.74. The second-order valence-electron chi connectivity index (χ2n) is 5.88. The number of carbonyl (C=O) groups excluding carboxylic acids is 1. The van der Waals surface area contributed by atoms with Gasteiger partial charge in [-0.05, 0) is 23.5 Å². The Labute approximate surface area is 123 Å². The lowest BCUT2D eigenvalue weighted by atomic mass is 9.85. The zero-order chi connectivity index (χ0) is 15.3. The molecule has 0 aliphatic rings. The molecule has 0 aliphatic carbocycles. The van der Waals surface area contributed by atoms with Crippen LogP contribution in [0.1, 0.15) is 32.8 Å². The van der Waals surface area contributed by atoms with E-state index >= 15 is 0 Å². The molecule has 1 atom stereocenters. The molecular formula is C15H20ClF2NO. The van der Waals surface area contributed by atoms with Crippen LogP contribution in [0.5, 0.6) is 0 Å². The van der Waals surface area contributed by atoms with E-state index in [4.69, 9.17) is 11.6 Å². The lowest BCUT2D eigenvalue weighted by Crippen LogP contribution is -2.44. The third-order valence-corrected chi connectivity index (χ3v) is 3.36. The molecule has 0 radical (unpaired) electrons. The second kappa shape index (κ2) is 7.02. The fraction of sp³-hybridized carbons (Fsp3) is 0.533. The van der Waals surface area contributed by atoms with Gasteiger partial charge in [-0.3, -0.25) is 4.79 Å². The fourth-order valence-electron chi connectivity index (χ4n) is 1.91. The lowest BCUT2D eigenvalue weighted by molar-refractivity contribution is -0.122. The first kappa shape index (κ1) is 16.9. The Bertz CT molecular complexity index is 471. The van der Waals surface area contributed by atoms with Gasteiger partial charge in [0.1, 0.15) is 11.6 Å². The summed E-state index contributed by atoms with van der Waals surface area (Å²) in [6.07, 6.45) is 0.531. The molecule has 0 heterocycles. The van der Waals surface area contributed by atoms with E-state index in [0.717, 1.165) is 12.1 Å². The van der Waals surface area contributed by atoms with Crippen LogP contribution in [0.4, 0.5) is 8.78 Å². The van der Waals surface area contributed by atoms with E-state index in [1.54, 1.807) is 0 Å². The molecule has 20 heavy (non-hydrogen) atoms. The van der Waals surface area contributed by atoms with Gasteiger partial charge < -0.3 is 5.32 Å². The van der Waals surface area contributed by atoms with Crippen LogP contribution in [0.3, 0.4) is 0 Å². The van der Waals surface area contributed by atoms with Gasteiger partial charge in [0, 0.05) is 18.0 Å². The average molecular weight is 304 g/mol. The molecule has 0 saturated heterocycles. The Morgan fingerprint density at radius 2 is 2.00 bits per heavy atom. The van der Waals surface area contributed by atoms with Crippen LogP contribution in [0, 0.1) is 17.0 Å². The molecule has 1 rings (SSSR count). The van der Waals surface area contributed by atoms with Crippen LogP contribution in [-0.2, 0) is 11.2 Å². The maximum absolute atomic E-state index is 13.5. The summed E-state index contributed by atoms with van der Waals surface area (Å²) in [5.74, 6) is -1.21. The summed E-state index contributed by atoms with van der Waals surface area (Å²) in [7, 11) is 0. The van der Waals surface area contributed by atoms with E-state index in [-0.39, 0.29) is 29.3 Å². The monoisotopic (exact) mass is 303 g/mol. The maximum atomic E-state index is 13.5. The molecule has 0 aliphatic heterocycles. The number of amides is 1. The van der Waals surface area contributed by atoms with E-state index in [1.165, 1.54) is 6.07 Å². The molecule has 5 heteroatoms. The summed E-state index contributed by atoms with van der Waals surface area (Å²) in [5.41, 5.74) is 0.0498. The molecule has 1 unspecified atom stereocenters. The van der Waals surface area contributed by atoms with Crippen LogP contribution < -0.4 is 5.32 Å². The molecule has 1 aromatic rings. The van der Waals surface area contributed by atoms with Crippen molar-refractivity contribution in [1.29, 1.82) is 0 Å². The van der Waals surface area contributed by atoms with Gasteiger partial charge in [-0.25, -0.2) is 8.78 Å². The highest BCUT2D eigenvalue weighted by atomic mass is 35.5. The van der Waals surface area contributed by atoms with Gasteiger partial charge in [0.25, 0.3) is 0 Å². The highest BCUT2D eigenvalue weighted by molar-refractivity contribution is 6.17. The van der Waals surface area contributed by atoms with Gasteiger partial charge in [0.05, 0.1) is 6.42 Å². The number of hydrogen-bond donors (Lipinski definition) is 1. The minimum absolute atomic E-state index is 0.0870. The van der Waals surface area contributed by atoms with Crippen molar-refractivity contribution in [3.63, 3.8) is 0 Å². The van der Waals surface area contributed by atoms with Crippen molar-refractivity contribution in [3.05, 3.63) is 35.4 Å². The number of halogens is 3. The lowest BCUT2D eigenvalue weighted by Gasteiger charge is -2.31. The maximum Gasteiger partial charge on any atom is 0.224 e. The van der Waals surface area contributed by atoms with E-state index in [1.807, 2.05) is 20.8 Å². The number of hydrogen-bond acceptors (Lipinski definition) is 1. The number of alkyl halides is 1. The van der Waals surface area contributed by atoms with E-state index in [2.05, 4.69) is 5.32 Å². The normalized spacial score (nSPS) is 13.1. The van der Waals surface area contributed by atoms with Gasteiger partial charge in [0.2, 0.25) is 5.91 Å². The van der Waals surface area contributed by atoms with Crippen molar-refractivity contribution in [3.8, 4) is 0 Å². The van der Waals surface area contributed by atoms with Gasteiger partial charge in [-0.1, -0.05) is 26.8 Å². The van der Waals surface area contributed by atoms with Crippen molar-refractivity contribution in [2.45, 2.75) is 39.7 Å². The molecule has 0 spiro atoms. The Kier molecular flexibility index (Phi) is 5.93. The Hall–Kier alpha value is -1.16. The summed E-state index contributed by atoms with van der Waals surface area (Å²) in [6.45, 7) is 6.01. The predicted molar refractivity (Wildman–Crippen MR) is 76.8 cm³/mol. The molecule has 1 aromatic carbocycles. The number of rotatable bonds is 5. The van der Waals surface area contributed by atoms with Crippen LogP contribution >= 0.6 is 11.6 Å². The third-order valence-electron chi connectivity index (χ3n) is 3.14. The molecule has 0 aromatic heterocycles.